The summed E-state index contributed by atoms with van der Waals surface area (Å²) in [6.45, 7) is 0.536. The number of carbonyl (C=O) groups excluding carboxylic acids is 1. The van der Waals surface area contributed by atoms with Gasteiger partial charge in [-0.1, -0.05) is 17.3 Å². The Morgan fingerprint density at radius 2 is 1.88 bits per heavy atom. The van der Waals surface area contributed by atoms with Crippen LogP contribution in [-0.4, -0.2) is 24.7 Å². The first kappa shape index (κ1) is 17.7. The van der Waals surface area contributed by atoms with E-state index in [2.05, 4.69) is 10.5 Å². The molecule has 134 valence electrons. The summed E-state index contributed by atoms with van der Waals surface area (Å²) in [5, 5.41) is 6.76. The van der Waals surface area contributed by atoms with Gasteiger partial charge in [0.1, 0.15) is 11.6 Å². The predicted molar refractivity (Wildman–Crippen MR) is 95.3 cm³/mol. The molecule has 26 heavy (non-hydrogen) atoms. The molecule has 0 fully saturated rings. The Balaban J connectivity index is 1.48. The first-order valence-corrected chi connectivity index (χ1v) is 8.25. The average Bonchev–Trinajstić information content (AvgIpc) is 3.11. The maximum atomic E-state index is 13.0. The number of hydrogen-bond acceptors (Lipinski definition) is 4. The zero-order valence-electron chi connectivity index (χ0n) is 14.4. The van der Waals surface area contributed by atoms with Crippen molar-refractivity contribution in [2.45, 2.75) is 12.8 Å². The molecule has 1 N–H and O–H groups in total. The first-order valence-electron chi connectivity index (χ1n) is 8.25. The Kier molecular flexibility index (Phi) is 5.63. The van der Waals surface area contributed by atoms with Crippen molar-refractivity contribution in [3.63, 3.8) is 0 Å². The number of aromatic nitrogens is 1. The van der Waals surface area contributed by atoms with Crippen molar-refractivity contribution in [3.8, 4) is 17.1 Å². The SMILES string of the molecule is COc1ccc(CCNC(=O)Cc2cc(-c3ccc(F)cc3)on2)cc1. The van der Waals surface area contributed by atoms with E-state index in [-0.39, 0.29) is 18.1 Å². The maximum absolute atomic E-state index is 13.0. The third-order valence-electron chi connectivity index (χ3n) is 3.92. The molecule has 3 rings (SSSR count). The zero-order chi connectivity index (χ0) is 18.4. The lowest BCUT2D eigenvalue weighted by Crippen LogP contribution is -2.27. The second-order valence-electron chi connectivity index (χ2n) is 5.81. The molecule has 0 atom stereocenters. The number of amides is 1. The van der Waals surface area contributed by atoms with E-state index in [0.717, 1.165) is 17.7 Å². The minimum Gasteiger partial charge on any atom is -0.497 e. The lowest BCUT2D eigenvalue weighted by molar-refractivity contribution is -0.120. The van der Waals surface area contributed by atoms with Gasteiger partial charge in [0.25, 0.3) is 0 Å². The van der Waals surface area contributed by atoms with Crippen molar-refractivity contribution in [1.82, 2.24) is 10.5 Å². The van der Waals surface area contributed by atoms with Gasteiger partial charge < -0.3 is 14.6 Å². The molecule has 0 spiro atoms. The van der Waals surface area contributed by atoms with E-state index < -0.39 is 0 Å². The molecule has 0 unspecified atom stereocenters. The monoisotopic (exact) mass is 354 g/mol. The summed E-state index contributed by atoms with van der Waals surface area (Å²) in [4.78, 5) is 12.0. The van der Waals surface area contributed by atoms with Crippen LogP contribution in [0.25, 0.3) is 11.3 Å². The van der Waals surface area contributed by atoms with Crippen LogP contribution in [0.2, 0.25) is 0 Å². The smallest absolute Gasteiger partial charge is 0.226 e. The molecule has 2 aromatic carbocycles. The van der Waals surface area contributed by atoms with E-state index in [1.807, 2.05) is 24.3 Å². The van der Waals surface area contributed by atoms with Crippen molar-refractivity contribution in [2.75, 3.05) is 13.7 Å². The molecule has 6 heteroatoms. The van der Waals surface area contributed by atoms with Gasteiger partial charge in [0, 0.05) is 18.2 Å². The third kappa shape index (κ3) is 4.69. The molecule has 3 aromatic rings. The Hall–Kier alpha value is -3.15. The normalized spacial score (nSPS) is 10.5. The van der Waals surface area contributed by atoms with E-state index in [1.165, 1.54) is 12.1 Å². The maximum Gasteiger partial charge on any atom is 0.226 e. The Labute approximate surface area is 150 Å². The number of halogens is 1. The van der Waals surface area contributed by atoms with Gasteiger partial charge >= 0.3 is 0 Å². The molecule has 0 aliphatic rings. The average molecular weight is 354 g/mol. The van der Waals surface area contributed by atoms with E-state index >= 15 is 0 Å². The number of rotatable bonds is 7. The largest absolute Gasteiger partial charge is 0.497 e. The Morgan fingerprint density at radius 3 is 2.58 bits per heavy atom. The second kappa shape index (κ2) is 8.29. The number of hydrogen-bond donors (Lipinski definition) is 1. The van der Waals surface area contributed by atoms with Crippen LogP contribution in [0.1, 0.15) is 11.3 Å². The fourth-order valence-corrected chi connectivity index (χ4v) is 2.51. The fourth-order valence-electron chi connectivity index (χ4n) is 2.51. The summed E-state index contributed by atoms with van der Waals surface area (Å²) in [7, 11) is 1.63. The lowest BCUT2D eigenvalue weighted by atomic mass is 10.1. The van der Waals surface area contributed by atoms with E-state index in [4.69, 9.17) is 9.26 Å². The Morgan fingerprint density at radius 1 is 1.15 bits per heavy atom. The summed E-state index contributed by atoms with van der Waals surface area (Å²) in [6, 6.07) is 15.3. The second-order valence-corrected chi connectivity index (χ2v) is 5.81. The van der Waals surface area contributed by atoms with Crippen LogP contribution in [0.4, 0.5) is 4.39 Å². The predicted octanol–water partition coefficient (Wildman–Crippen LogP) is 3.39. The lowest BCUT2D eigenvalue weighted by Gasteiger charge is -2.05. The number of carbonyl (C=O) groups is 1. The quantitative estimate of drug-likeness (QED) is 0.706. The molecule has 1 aromatic heterocycles. The minimum absolute atomic E-state index is 0.127. The molecule has 0 saturated heterocycles. The van der Waals surface area contributed by atoms with Gasteiger partial charge in [-0.15, -0.1) is 0 Å². The number of nitrogens with zero attached hydrogens (tertiary/aromatic N) is 1. The summed E-state index contributed by atoms with van der Waals surface area (Å²) < 4.78 is 23.3. The molecular formula is C20H19FN2O3. The molecule has 1 amide bonds. The van der Waals surface area contributed by atoms with Crippen LogP contribution in [-0.2, 0) is 17.6 Å². The number of methoxy groups -OCH3 is 1. The highest BCUT2D eigenvalue weighted by atomic mass is 19.1. The van der Waals surface area contributed by atoms with Gasteiger partial charge in [-0.3, -0.25) is 4.79 Å². The van der Waals surface area contributed by atoms with Crippen LogP contribution >= 0.6 is 0 Å². The number of benzene rings is 2. The summed E-state index contributed by atoms with van der Waals surface area (Å²) >= 11 is 0. The van der Waals surface area contributed by atoms with Crippen molar-refractivity contribution in [2.24, 2.45) is 0 Å². The standard InChI is InChI=1S/C20H19FN2O3/c1-25-18-8-2-14(3-9-18)10-11-22-20(24)13-17-12-19(26-23-17)15-4-6-16(21)7-5-15/h2-9,12H,10-11,13H2,1H3,(H,22,24). The van der Waals surface area contributed by atoms with Crippen molar-refractivity contribution in [3.05, 3.63) is 71.7 Å². The highest BCUT2D eigenvalue weighted by molar-refractivity contribution is 5.78. The molecule has 5 nitrogen and oxygen atoms in total. The first-order chi connectivity index (χ1) is 12.6. The van der Waals surface area contributed by atoms with Gasteiger partial charge in [0.05, 0.1) is 19.2 Å². The fraction of sp³-hybridized carbons (Fsp3) is 0.200. The van der Waals surface area contributed by atoms with Crippen molar-refractivity contribution < 1.29 is 18.4 Å². The zero-order valence-corrected chi connectivity index (χ0v) is 14.4. The van der Waals surface area contributed by atoms with Gasteiger partial charge in [-0.05, 0) is 48.4 Å². The van der Waals surface area contributed by atoms with Crippen LogP contribution in [0.5, 0.6) is 5.75 Å². The van der Waals surface area contributed by atoms with E-state index in [9.17, 15) is 9.18 Å². The van der Waals surface area contributed by atoms with Gasteiger partial charge in [-0.25, -0.2) is 4.39 Å². The van der Waals surface area contributed by atoms with Gasteiger partial charge in [-0.2, -0.15) is 0 Å². The topological polar surface area (TPSA) is 64.4 Å². The number of ether oxygens (including phenoxy) is 1. The van der Waals surface area contributed by atoms with Crippen LogP contribution in [0, 0.1) is 5.82 Å². The summed E-state index contributed by atoms with van der Waals surface area (Å²) in [5.74, 6) is 0.869. The molecule has 0 bridgehead atoms. The molecule has 0 aliphatic heterocycles. The third-order valence-corrected chi connectivity index (χ3v) is 3.92. The highest BCUT2D eigenvalue weighted by Gasteiger charge is 2.10. The molecule has 0 aliphatic carbocycles. The van der Waals surface area contributed by atoms with Gasteiger partial charge in [0.2, 0.25) is 5.91 Å². The summed E-state index contributed by atoms with van der Waals surface area (Å²) in [6.07, 6.45) is 0.864. The Bertz CT molecular complexity index is 858. The van der Waals surface area contributed by atoms with Crippen molar-refractivity contribution in [1.29, 1.82) is 0 Å². The van der Waals surface area contributed by atoms with Crippen LogP contribution in [0.15, 0.2) is 59.1 Å². The molecule has 1 heterocycles. The minimum atomic E-state index is -0.315. The highest BCUT2D eigenvalue weighted by Crippen LogP contribution is 2.20. The number of nitrogens with one attached hydrogen (secondary N) is 1. The molecule has 0 saturated carbocycles. The van der Waals surface area contributed by atoms with Crippen LogP contribution < -0.4 is 10.1 Å². The van der Waals surface area contributed by atoms with E-state index in [0.29, 0.717) is 23.6 Å². The molecular weight excluding hydrogens is 335 g/mol. The van der Waals surface area contributed by atoms with Gasteiger partial charge in [0.15, 0.2) is 5.76 Å². The molecule has 0 radical (unpaired) electrons. The summed E-state index contributed by atoms with van der Waals surface area (Å²) in [5.41, 5.74) is 2.36. The van der Waals surface area contributed by atoms with Crippen LogP contribution in [0.3, 0.4) is 0 Å². The van der Waals surface area contributed by atoms with Crippen molar-refractivity contribution >= 4 is 5.91 Å². The van der Waals surface area contributed by atoms with E-state index in [1.54, 1.807) is 25.3 Å².